The van der Waals surface area contributed by atoms with Crippen molar-refractivity contribution in [2.24, 2.45) is 5.10 Å². The molecule has 0 spiro atoms. The van der Waals surface area contributed by atoms with Crippen LogP contribution in [0.3, 0.4) is 0 Å². The van der Waals surface area contributed by atoms with Crippen LogP contribution in [0.5, 0.6) is 5.75 Å². The van der Waals surface area contributed by atoms with Crippen molar-refractivity contribution in [3.63, 3.8) is 0 Å². The number of aryl methyl sites for hydroxylation is 1. The predicted molar refractivity (Wildman–Crippen MR) is 155 cm³/mol. The van der Waals surface area contributed by atoms with E-state index in [0.29, 0.717) is 17.9 Å². The van der Waals surface area contributed by atoms with E-state index in [1.165, 1.54) is 36.0 Å². The average molecular weight is 583 g/mol. The molecule has 39 heavy (non-hydrogen) atoms. The van der Waals surface area contributed by atoms with Gasteiger partial charge < -0.3 is 4.74 Å². The lowest BCUT2D eigenvalue weighted by molar-refractivity contribution is -0.119. The van der Waals surface area contributed by atoms with Crippen molar-refractivity contribution in [3.8, 4) is 5.75 Å². The largest absolute Gasteiger partial charge is 0.489 e. The number of hydrazone groups is 1. The summed E-state index contributed by atoms with van der Waals surface area (Å²) in [6, 6.07) is 27.6. The van der Waals surface area contributed by atoms with Gasteiger partial charge in [0, 0.05) is 0 Å². The van der Waals surface area contributed by atoms with Crippen LogP contribution in [0.1, 0.15) is 16.7 Å². The molecule has 4 rings (SSSR count). The van der Waals surface area contributed by atoms with E-state index in [2.05, 4.69) is 10.5 Å². The zero-order valence-electron chi connectivity index (χ0n) is 20.9. The smallest absolute Gasteiger partial charge is 0.264 e. The molecule has 0 heterocycles. The fourth-order valence-electron chi connectivity index (χ4n) is 3.55. The third-order valence-corrected chi connectivity index (χ3v) is 8.21. The summed E-state index contributed by atoms with van der Waals surface area (Å²) in [5, 5.41) is 4.14. The number of rotatable bonds is 10. The fourth-order valence-corrected chi connectivity index (χ4v) is 5.45. The van der Waals surface area contributed by atoms with Crippen molar-refractivity contribution in [3.05, 3.63) is 124 Å². The van der Waals surface area contributed by atoms with Gasteiger partial charge in [-0.2, -0.15) is 5.10 Å². The molecular formula is C29H25Cl2N3O4S. The molecule has 200 valence electrons. The van der Waals surface area contributed by atoms with E-state index in [0.717, 1.165) is 9.87 Å². The van der Waals surface area contributed by atoms with Crippen molar-refractivity contribution in [1.82, 2.24) is 5.43 Å². The topological polar surface area (TPSA) is 88.1 Å². The number of amides is 1. The number of nitrogens with one attached hydrogen (secondary N) is 1. The highest BCUT2D eigenvalue weighted by Gasteiger charge is 2.29. The number of hydrogen-bond donors (Lipinski definition) is 1. The third kappa shape index (κ3) is 7.38. The first-order valence-electron chi connectivity index (χ1n) is 11.9. The molecule has 0 radical (unpaired) electrons. The Hall–Kier alpha value is -3.85. The molecule has 0 fully saturated rings. The van der Waals surface area contributed by atoms with E-state index in [1.54, 1.807) is 48.5 Å². The van der Waals surface area contributed by atoms with Gasteiger partial charge in [0.15, 0.2) is 0 Å². The number of ether oxygens (including phenoxy) is 1. The molecule has 0 aliphatic rings. The van der Waals surface area contributed by atoms with Gasteiger partial charge in [0.25, 0.3) is 15.9 Å². The number of anilines is 1. The molecule has 0 aliphatic heterocycles. The Kier molecular flexibility index (Phi) is 9.24. The van der Waals surface area contributed by atoms with E-state index in [-0.39, 0.29) is 20.6 Å². The van der Waals surface area contributed by atoms with Gasteiger partial charge in [0.05, 0.1) is 26.8 Å². The van der Waals surface area contributed by atoms with Crippen molar-refractivity contribution in [2.75, 3.05) is 10.8 Å². The molecule has 0 aliphatic carbocycles. The number of sulfonamides is 1. The van der Waals surface area contributed by atoms with Gasteiger partial charge in [-0.15, -0.1) is 0 Å². The molecule has 1 amide bonds. The van der Waals surface area contributed by atoms with Crippen LogP contribution >= 0.6 is 23.2 Å². The van der Waals surface area contributed by atoms with Crippen molar-refractivity contribution >= 4 is 51.0 Å². The van der Waals surface area contributed by atoms with E-state index < -0.39 is 22.5 Å². The highest BCUT2D eigenvalue weighted by atomic mass is 35.5. The minimum atomic E-state index is -4.13. The normalized spacial score (nSPS) is 11.4. The Labute approximate surface area is 237 Å². The number of halogens is 2. The second-order valence-electron chi connectivity index (χ2n) is 8.53. The molecule has 0 unspecified atom stereocenters. The third-order valence-electron chi connectivity index (χ3n) is 5.63. The summed E-state index contributed by atoms with van der Waals surface area (Å²) in [5.41, 5.74) is 5.42. The Bertz CT molecular complexity index is 1560. The second kappa shape index (κ2) is 12.8. The van der Waals surface area contributed by atoms with Crippen LogP contribution in [-0.4, -0.2) is 27.1 Å². The SMILES string of the molecule is Cc1ccc(COc2ccc(/C=N\NC(=O)CN(c3cccc(Cl)c3Cl)S(=O)(=O)c3ccccc3)cc2)cc1. The standard InChI is InChI=1S/C29H25Cl2N3O4S/c1-21-10-12-23(13-11-21)20-38-24-16-14-22(15-17-24)18-32-33-28(35)19-34(27-9-5-8-26(30)29(27)31)39(36,37)25-6-3-2-4-7-25/h2-18H,19-20H2,1H3,(H,33,35)/b32-18-. The van der Waals surface area contributed by atoms with Crippen molar-refractivity contribution in [1.29, 1.82) is 0 Å². The minimum absolute atomic E-state index is 0.00188. The zero-order valence-corrected chi connectivity index (χ0v) is 23.2. The number of hydrogen-bond acceptors (Lipinski definition) is 5. The Morgan fingerprint density at radius 2 is 1.62 bits per heavy atom. The summed E-state index contributed by atoms with van der Waals surface area (Å²) in [4.78, 5) is 12.8. The number of carbonyl (C=O) groups is 1. The van der Waals surface area contributed by atoms with Crippen LogP contribution < -0.4 is 14.5 Å². The second-order valence-corrected chi connectivity index (χ2v) is 11.2. The molecule has 4 aromatic carbocycles. The first-order chi connectivity index (χ1) is 18.7. The molecule has 4 aromatic rings. The van der Waals surface area contributed by atoms with Crippen LogP contribution in [0.25, 0.3) is 0 Å². The lowest BCUT2D eigenvalue weighted by Crippen LogP contribution is -2.39. The summed E-state index contributed by atoms with van der Waals surface area (Å²) in [6.07, 6.45) is 1.45. The van der Waals surface area contributed by atoms with Crippen LogP contribution in [-0.2, 0) is 21.4 Å². The fraction of sp³-hybridized carbons (Fsp3) is 0.103. The van der Waals surface area contributed by atoms with Gasteiger partial charge in [-0.3, -0.25) is 9.10 Å². The Morgan fingerprint density at radius 3 is 2.31 bits per heavy atom. The molecule has 0 atom stereocenters. The minimum Gasteiger partial charge on any atom is -0.489 e. The average Bonchev–Trinajstić information content (AvgIpc) is 2.94. The number of carbonyl (C=O) groups excluding carboxylic acids is 1. The summed E-state index contributed by atoms with van der Waals surface area (Å²) in [7, 11) is -4.13. The summed E-state index contributed by atoms with van der Waals surface area (Å²) >= 11 is 12.4. The monoisotopic (exact) mass is 581 g/mol. The number of nitrogens with zero attached hydrogens (tertiary/aromatic N) is 2. The molecule has 10 heteroatoms. The van der Waals surface area contributed by atoms with Gasteiger partial charge >= 0.3 is 0 Å². The first-order valence-corrected chi connectivity index (χ1v) is 14.1. The van der Waals surface area contributed by atoms with Crippen molar-refractivity contribution < 1.29 is 17.9 Å². The first kappa shape index (κ1) is 28.2. The maximum atomic E-state index is 13.4. The quantitative estimate of drug-likeness (QED) is 0.178. The Morgan fingerprint density at radius 1 is 0.923 bits per heavy atom. The van der Waals surface area contributed by atoms with E-state index >= 15 is 0 Å². The van der Waals surface area contributed by atoms with Crippen LogP contribution in [0.15, 0.2) is 107 Å². The van der Waals surface area contributed by atoms with Gasteiger partial charge in [0.1, 0.15) is 18.9 Å². The lowest BCUT2D eigenvalue weighted by Gasteiger charge is -2.24. The van der Waals surface area contributed by atoms with E-state index in [1.807, 2.05) is 31.2 Å². The molecule has 0 bridgehead atoms. The van der Waals surface area contributed by atoms with Crippen LogP contribution in [0, 0.1) is 6.92 Å². The number of benzene rings is 4. The Balaban J connectivity index is 1.42. The molecule has 0 saturated carbocycles. The van der Waals surface area contributed by atoms with Gasteiger partial charge in [-0.05, 0) is 66.6 Å². The highest BCUT2D eigenvalue weighted by molar-refractivity contribution is 7.92. The molecule has 0 aromatic heterocycles. The zero-order chi connectivity index (χ0) is 27.8. The predicted octanol–water partition coefficient (Wildman–Crippen LogP) is 6.23. The van der Waals surface area contributed by atoms with Gasteiger partial charge in [-0.25, -0.2) is 13.8 Å². The maximum absolute atomic E-state index is 13.4. The molecular weight excluding hydrogens is 557 g/mol. The lowest BCUT2D eigenvalue weighted by atomic mass is 10.2. The summed E-state index contributed by atoms with van der Waals surface area (Å²) < 4.78 is 33.5. The molecule has 0 saturated heterocycles. The van der Waals surface area contributed by atoms with E-state index in [4.69, 9.17) is 27.9 Å². The van der Waals surface area contributed by atoms with Crippen LogP contribution in [0.4, 0.5) is 5.69 Å². The van der Waals surface area contributed by atoms with Gasteiger partial charge in [0.2, 0.25) is 0 Å². The van der Waals surface area contributed by atoms with Crippen molar-refractivity contribution in [2.45, 2.75) is 18.4 Å². The van der Waals surface area contributed by atoms with E-state index in [9.17, 15) is 13.2 Å². The van der Waals surface area contributed by atoms with Crippen LogP contribution in [0.2, 0.25) is 10.0 Å². The highest BCUT2D eigenvalue weighted by Crippen LogP contribution is 2.35. The summed E-state index contributed by atoms with van der Waals surface area (Å²) in [5.74, 6) is 0.0248. The van der Waals surface area contributed by atoms with Gasteiger partial charge in [-0.1, -0.05) is 77.3 Å². The molecule has 7 nitrogen and oxygen atoms in total. The maximum Gasteiger partial charge on any atom is 0.264 e. The molecule has 1 N–H and O–H groups in total. The summed E-state index contributed by atoms with van der Waals surface area (Å²) in [6.45, 7) is 1.91.